The predicted molar refractivity (Wildman–Crippen MR) is 120 cm³/mol. The number of hydrazone groups is 1. The molecule has 0 saturated carbocycles. The molecule has 0 atom stereocenters. The van der Waals surface area contributed by atoms with Crippen LogP contribution in [0, 0.1) is 0 Å². The smallest absolute Gasteiger partial charge is 0.273 e. The Morgan fingerprint density at radius 1 is 1.09 bits per heavy atom. The number of amides is 1. The zero-order valence-corrected chi connectivity index (χ0v) is 18.3. The number of nitrogens with zero attached hydrogens (tertiary/aromatic N) is 5. The molecule has 2 aromatic carbocycles. The maximum absolute atomic E-state index is 12.7. The van der Waals surface area contributed by atoms with Gasteiger partial charge in [-0.2, -0.15) is 5.10 Å². The van der Waals surface area contributed by atoms with Crippen molar-refractivity contribution < 1.29 is 13.2 Å². The number of carbonyl (C=O) groups is 1. The molecule has 0 bridgehead atoms. The molecule has 4 aromatic rings. The molecule has 0 aliphatic heterocycles. The molecule has 4 rings (SSSR count). The molecule has 0 fully saturated rings. The second-order valence-electron chi connectivity index (χ2n) is 6.53. The molecular weight excluding hydrogens is 450 g/mol. The fourth-order valence-electron chi connectivity index (χ4n) is 2.79. The number of benzene rings is 2. The van der Waals surface area contributed by atoms with Crippen molar-refractivity contribution in [1.82, 2.24) is 25.6 Å². The van der Waals surface area contributed by atoms with Gasteiger partial charge in [0, 0.05) is 0 Å². The molecule has 2 heterocycles. The lowest BCUT2D eigenvalue weighted by Crippen LogP contribution is -2.22. The van der Waals surface area contributed by atoms with Gasteiger partial charge in [-0.3, -0.25) is 9.52 Å². The van der Waals surface area contributed by atoms with Crippen molar-refractivity contribution in [3.8, 4) is 5.69 Å². The van der Waals surface area contributed by atoms with Crippen LogP contribution < -0.4 is 10.1 Å². The van der Waals surface area contributed by atoms with Gasteiger partial charge in [0.1, 0.15) is 10.5 Å². The summed E-state index contributed by atoms with van der Waals surface area (Å²) in [5.41, 5.74) is 4.82. The predicted octanol–water partition coefficient (Wildman–Crippen LogP) is 2.68. The van der Waals surface area contributed by atoms with E-state index in [-0.39, 0.29) is 15.5 Å². The van der Waals surface area contributed by atoms with Crippen molar-refractivity contribution in [2.75, 3.05) is 4.72 Å². The number of hydrogen-bond acceptors (Lipinski definition) is 8. The van der Waals surface area contributed by atoms with Crippen LogP contribution in [0.2, 0.25) is 0 Å². The van der Waals surface area contributed by atoms with Crippen molar-refractivity contribution >= 4 is 38.7 Å². The van der Waals surface area contributed by atoms with E-state index in [2.05, 4.69) is 30.8 Å². The van der Waals surface area contributed by atoms with Crippen molar-refractivity contribution in [3.05, 3.63) is 83.5 Å². The van der Waals surface area contributed by atoms with Crippen molar-refractivity contribution in [2.24, 2.45) is 5.10 Å². The summed E-state index contributed by atoms with van der Waals surface area (Å²) in [4.78, 5) is 12.7. The van der Waals surface area contributed by atoms with Gasteiger partial charge in [-0.05, 0) is 58.6 Å². The van der Waals surface area contributed by atoms with E-state index < -0.39 is 15.9 Å². The largest absolute Gasteiger partial charge is 0.278 e. The SMILES string of the molecule is C/C(=N\NC(=O)c1ccccc1NS(=O)(=O)c1cccs1)c1cccc(-n2cnnn2)c1. The standard InChI is InChI=1S/C20H17N7O3S2/c1-14(15-6-4-7-16(12-15)27-13-21-25-26-27)22-23-20(28)17-8-2-3-9-18(17)24-32(29,30)19-10-5-11-31-19/h2-13,24H,1H3,(H,23,28)/b22-14+. The Kier molecular flexibility index (Phi) is 6.05. The van der Waals surface area contributed by atoms with E-state index in [9.17, 15) is 13.2 Å². The monoisotopic (exact) mass is 467 g/mol. The van der Waals surface area contributed by atoms with Crippen LogP contribution in [0.3, 0.4) is 0 Å². The molecule has 12 heteroatoms. The second-order valence-corrected chi connectivity index (χ2v) is 9.38. The summed E-state index contributed by atoms with van der Waals surface area (Å²) >= 11 is 1.09. The quantitative estimate of drug-likeness (QED) is 0.317. The molecule has 0 unspecified atom stereocenters. The lowest BCUT2D eigenvalue weighted by Gasteiger charge is -2.11. The molecule has 1 amide bonds. The first kappa shape index (κ1) is 21.3. The Morgan fingerprint density at radius 2 is 1.94 bits per heavy atom. The number of aromatic nitrogens is 4. The van der Waals surface area contributed by atoms with Crippen molar-refractivity contribution in [3.63, 3.8) is 0 Å². The maximum atomic E-state index is 12.7. The fraction of sp³-hybridized carbons (Fsp3) is 0.0500. The first-order chi connectivity index (χ1) is 15.4. The van der Waals surface area contributed by atoms with Crippen LogP contribution in [-0.4, -0.2) is 40.2 Å². The number of nitrogens with one attached hydrogen (secondary N) is 2. The van der Waals surface area contributed by atoms with Gasteiger partial charge in [0.05, 0.1) is 22.6 Å². The highest BCUT2D eigenvalue weighted by Crippen LogP contribution is 2.23. The van der Waals surface area contributed by atoms with Crippen LogP contribution in [-0.2, 0) is 10.0 Å². The van der Waals surface area contributed by atoms with E-state index in [4.69, 9.17) is 0 Å². The third-order valence-electron chi connectivity index (χ3n) is 4.38. The van der Waals surface area contributed by atoms with E-state index in [1.54, 1.807) is 30.5 Å². The van der Waals surface area contributed by atoms with Crippen LogP contribution in [0.1, 0.15) is 22.8 Å². The third-order valence-corrected chi connectivity index (χ3v) is 7.14. The zero-order valence-electron chi connectivity index (χ0n) is 16.7. The highest BCUT2D eigenvalue weighted by atomic mass is 32.2. The Balaban J connectivity index is 1.53. The summed E-state index contributed by atoms with van der Waals surface area (Å²) in [6.45, 7) is 1.74. The molecule has 2 aromatic heterocycles. The van der Waals surface area contributed by atoms with Gasteiger partial charge in [0.25, 0.3) is 15.9 Å². The summed E-state index contributed by atoms with van der Waals surface area (Å²) in [6.07, 6.45) is 1.47. The van der Waals surface area contributed by atoms with Crippen LogP contribution >= 0.6 is 11.3 Å². The minimum atomic E-state index is -3.79. The molecular formula is C20H17N7O3S2. The molecule has 0 radical (unpaired) electrons. The summed E-state index contributed by atoms with van der Waals surface area (Å²) in [6, 6.07) is 16.8. The van der Waals surface area contributed by atoms with Crippen LogP contribution in [0.4, 0.5) is 5.69 Å². The number of rotatable bonds is 7. The Morgan fingerprint density at radius 3 is 2.69 bits per heavy atom. The van der Waals surface area contributed by atoms with Crippen molar-refractivity contribution in [1.29, 1.82) is 0 Å². The van der Waals surface area contributed by atoms with Gasteiger partial charge >= 0.3 is 0 Å². The van der Waals surface area contributed by atoms with E-state index in [1.165, 1.54) is 29.2 Å². The molecule has 10 nitrogen and oxygen atoms in total. The number of carbonyl (C=O) groups excluding carboxylic acids is 1. The first-order valence-electron chi connectivity index (χ1n) is 9.28. The van der Waals surface area contributed by atoms with Crippen LogP contribution in [0.25, 0.3) is 5.69 Å². The highest BCUT2D eigenvalue weighted by Gasteiger charge is 2.19. The summed E-state index contributed by atoms with van der Waals surface area (Å²) < 4.78 is 29.2. The number of hydrogen-bond donors (Lipinski definition) is 2. The molecule has 0 saturated heterocycles. The Labute approximate surface area is 187 Å². The van der Waals surface area contributed by atoms with Gasteiger partial charge in [0.15, 0.2) is 0 Å². The topological polar surface area (TPSA) is 131 Å². The number of sulfonamides is 1. The second kappa shape index (κ2) is 9.08. The average molecular weight is 468 g/mol. The molecule has 0 spiro atoms. The number of anilines is 1. The van der Waals surface area contributed by atoms with E-state index in [1.807, 2.05) is 24.3 Å². The normalized spacial score (nSPS) is 11.8. The number of para-hydroxylation sites is 1. The van der Waals surface area contributed by atoms with E-state index >= 15 is 0 Å². The van der Waals surface area contributed by atoms with E-state index in [0.717, 1.165) is 22.6 Å². The molecule has 2 N–H and O–H groups in total. The van der Waals surface area contributed by atoms with Crippen LogP contribution in [0.5, 0.6) is 0 Å². The zero-order chi connectivity index (χ0) is 22.6. The van der Waals surface area contributed by atoms with E-state index in [0.29, 0.717) is 5.71 Å². The summed E-state index contributed by atoms with van der Waals surface area (Å²) in [7, 11) is -3.79. The summed E-state index contributed by atoms with van der Waals surface area (Å²) in [5, 5.41) is 16.9. The molecule has 0 aliphatic carbocycles. The summed E-state index contributed by atoms with van der Waals surface area (Å²) in [5.74, 6) is -0.550. The fourth-order valence-corrected chi connectivity index (χ4v) is 4.87. The number of tetrazole rings is 1. The first-order valence-corrected chi connectivity index (χ1v) is 11.6. The van der Waals surface area contributed by atoms with Gasteiger partial charge in [0.2, 0.25) is 0 Å². The van der Waals surface area contributed by atoms with Crippen molar-refractivity contribution in [2.45, 2.75) is 11.1 Å². The highest BCUT2D eigenvalue weighted by molar-refractivity contribution is 7.94. The lowest BCUT2D eigenvalue weighted by atomic mass is 10.1. The molecule has 32 heavy (non-hydrogen) atoms. The van der Waals surface area contributed by atoms with Gasteiger partial charge in [-0.15, -0.1) is 16.4 Å². The van der Waals surface area contributed by atoms with Gasteiger partial charge < -0.3 is 0 Å². The molecule has 162 valence electrons. The maximum Gasteiger partial charge on any atom is 0.273 e. The Bertz CT molecular complexity index is 1370. The Hall–Kier alpha value is -3.90. The number of thiophene rings is 1. The lowest BCUT2D eigenvalue weighted by molar-refractivity contribution is 0.0955. The minimum absolute atomic E-state index is 0.145. The van der Waals surface area contributed by atoms with Crippen LogP contribution in [0.15, 0.2) is 81.7 Å². The third kappa shape index (κ3) is 4.71. The minimum Gasteiger partial charge on any atom is -0.278 e. The van der Waals surface area contributed by atoms with Gasteiger partial charge in [-0.1, -0.05) is 30.3 Å². The van der Waals surface area contributed by atoms with Gasteiger partial charge in [-0.25, -0.2) is 18.5 Å². The molecule has 0 aliphatic rings. The average Bonchev–Trinajstić information content (AvgIpc) is 3.52.